The molecule has 2 aliphatic heterocycles. The Morgan fingerprint density at radius 3 is 2.43 bits per heavy atom. The molecule has 1 fully saturated rings. The number of halogens is 1. The summed E-state index contributed by atoms with van der Waals surface area (Å²) in [6.45, 7) is 6.24. The van der Waals surface area contributed by atoms with E-state index in [2.05, 4.69) is 12.1 Å². The Kier molecular flexibility index (Phi) is 5.87. The third-order valence-corrected chi connectivity index (χ3v) is 5.68. The van der Waals surface area contributed by atoms with E-state index in [-0.39, 0.29) is 30.3 Å². The quantitative estimate of drug-likeness (QED) is 0.856. The smallest absolute Gasteiger partial charge is 0.232 e. The molecular formula is C22H27ClN2O3. The Balaban J connectivity index is 0.00000225. The van der Waals surface area contributed by atoms with Crippen LogP contribution in [0.5, 0.6) is 11.5 Å². The van der Waals surface area contributed by atoms with Gasteiger partial charge in [0.25, 0.3) is 0 Å². The molecule has 4 rings (SSSR count). The molecule has 2 aliphatic rings. The molecule has 2 aromatic rings. The zero-order valence-corrected chi connectivity index (χ0v) is 17.1. The molecule has 28 heavy (non-hydrogen) atoms. The maximum atomic E-state index is 13.4. The molecule has 0 unspecified atom stereocenters. The maximum absolute atomic E-state index is 13.4. The van der Waals surface area contributed by atoms with Gasteiger partial charge in [0, 0.05) is 25.0 Å². The van der Waals surface area contributed by atoms with Gasteiger partial charge in [-0.1, -0.05) is 36.4 Å². The van der Waals surface area contributed by atoms with Gasteiger partial charge in [-0.2, -0.15) is 0 Å². The molecule has 2 N–H and O–H groups in total. The average Bonchev–Trinajstić information content (AvgIpc) is 3.09. The number of ether oxygens (including phenoxy) is 2. The molecule has 0 aliphatic carbocycles. The van der Waals surface area contributed by atoms with E-state index in [1.54, 1.807) is 0 Å². The van der Waals surface area contributed by atoms with E-state index in [0.29, 0.717) is 32.1 Å². The Labute approximate surface area is 172 Å². The van der Waals surface area contributed by atoms with E-state index in [0.717, 1.165) is 11.3 Å². The number of nitrogens with zero attached hydrogens (tertiary/aromatic N) is 1. The van der Waals surface area contributed by atoms with E-state index in [1.165, 1.54) is 5.56 Å². The minimum atomic E-state index is -0.666. The normalized spacial score (nSPS) is 21.2. The van der Waals surface area contributed by atoms with E-state index < -0.39 is 5.41 Å². The van der Waals surface area contributed by atoms with Gasteiger partial charge >= 0.3 is 0 Å². The van der Waals surface area contributed by atoms with E-state index in [9.17, 15) is 4.79 Å². The van der Waals surface area contributed by atoms with Gasteiger partial charge in [0.1, 0.15) is 13.2 Å². The van der Waals surface area contributed by atoms with Gasteiger partial charge in [0.15, 0.2) is 11.5 Å². The van der Waals surface area contributed by atoms with Crippen LogP contribution in [-0.2, 0) is 10.2 Å². The molecule has 150 valence electrons. The Hall–Kier alpha value is -2.24. The van der Waals surface area contributed by atoms with Gasteiger partial charge in [-0.25, -0.2) is 0 Å². The molecule has 0 spiro atoms. The highest BCUT2D eigenvalue weighted by Gasteiger charge is 2.40. The first-order valence-corrected chi connectivity index (χ1v) is 9.47. The summed E-state index contributed by atoms with van der Waals surface area (Å²) < 4.78 is 11.3. The van der Waals surface area contributed by atoms with Crippen LogP contribution in [0, 0.1) is 0 Å². The number of hydrogen-bond acceptors (Lipinski definition) is 4. The van der Waals surface area contributed by atoms with Crippen LogP contribution in [0.4, 0.5) is 0 Å². The van der Waals surface area contributed by atoms with Gasteiger partial charge in [-0.15, -0.1) is 12.4 Å². The minimum Gasteiger partial charge on any atom is -0.486 e. The van der Waals surface area contributed by atoms with Crippen LogP contribution in [-0.4, -0.2) is 43.2 Å². The molecule has 0 bridgehead atoms. The third kappa shape index (κ3) is 3.69. The number of rotatable bonds is 3. The third-order valence-electron chi connectivity index (χ3n) is 5.68. The second-order valence-corrected chi connectivity index (χ2v) is 7.87. The highest BCUT2D eigenvalue weighted by molar-refractivity contribution is 5.88. The molecule has 2 atom stereocenters. The Morgan fingerprint density at radius 1 is 1.04 bits per heavy atom. The van der Waals surface area contributed by atoms with Crippen LogP contribution in [0.1, 0.15) is 30.9 Å². The summed E-state index contributed by atoms with van der Waals surface area (Å²) in [4.78, 5) is 15.3. The first-order valence-electron chi connectivity index (χ1n) is 9.47. The van der Waals surface area contributed by atoms with E-state index in [4.69, 9.17) is 15.2 Å². The van der Waals surface area contributed by atoms with Crippen molar-refractivity contribution in [1.29, 1.82) is 0 Å². The molecule has 0 saturated carbocycles. The number of likely N-dealkylation sites (tertiary alicyclic amines) is 1. The van der Waals surface area contributed by atoms with Crippen LogP contribution in [0.2, 0.25) is 0 Å². The lowest BCUT2D eigenvalue weighted by atomic mass is 9.83. The van der Waals surface area contributed by atoms with Crippen molar-refractivity contribution in [1.82, 2.24) is 4.90 Å². The van der Waals surface area contributed by atoms with Gasteiger partial charge in [-0.05, 0) is 37.1 Å². The van der Waals surface area contributed by atoms with Crippen molar-refractivity contribution < 1.29 is 14.3 Å². The number of benzene rings is 2. The lowest BCUT2D eigenvalue weighted by Crippen LogP contribution is -2.43. The predicted molar refractivity (Wildman–Crippen MR) is 111 cm³/mol. The van der Waals surface area contributed by atoms with Crippen LogP contribution in [0.25, 0.3) is 0 Å². The SMILES string of the molecule is CC(C)(C(=O)N1C[C@@H](N)[C@H](c2ccccc2)C1)c1ccc2c(c1)OCCO2.Cl. The van der Waals surface area contributed by atoms with Crippen molar-refractivity contribution in [2.24, 2.45) is 5.73 Å². The predicted octanol–water partition coefficient (Wildman–Crippen LogP) is 3.11. The van der Waals surface area contributed by atoms with Crippen LogP contribution < -0.4 is 15.2 Å². The number of fused-ring (bicyclic) bond motifs is 1. The van der Waals surface area contributed by atoms with Crippen molar-refractivity contribution >= 4 is 18.3 Å². The molecule has 0 radical (unpaired) electrons. The number of amides is 1. The first kappa shape index (κ1) is 20.5. The largest absolute Gasteiger partial charge is 0.486 e. The molecular weight excluding hydrogens is 376 g/mol. The maximum Gasteiger partial charge on any atom is 0.232 e. The first-order chi connectivity index (χ1) is 13.0. The summed E-state index contributed by atoms with van der Waals surface area (Å²) in [5.74, 6) is 1.71. The zero-order chi connectivity index (χ0) is 19.0. The summed E-state index contributed by atoms with van der Waals surface area (Å²) in [5, 5.41) is 0. The highest BCUT2D eigenvalue weighted by Crippen LogP contribution is 2.37. The van der Waals surface area contributed by atoms with E-state index >= 15 is 0 Å². The van der Waals surface area contributed by atoms with Crippen molar-refractivity contribution in [3.63, 3.8) is 0 Å². The summed E-state index contributed by atoms with van der Waals surface area (Å²) >= 11 is 0. The fraction of sp³-hybridized carbons (Fsp3) is 0.409. The second-order valence-electron chi connectivity index (χ2n) is 7.87. The molecule has 1 amide bonds. The van der Waals surface area contributed by atoms with Crippen molar-refractivity contribution in [3.05, 3.63) is 59.7 Å². The molecule has 5 nitrogen and oxygen atoms in total. The van der Waals surface area contributed by atoms with Crippen LogP contribution in [0.15, 0.2) is 48.5 Å². The second kappa shape index (κ2) is 8.02. The highest BCUT2D eigenvalue weighted by atomic mass is 35.5. The molecule has 0 aromatic heterocycles. The number of nitrogens with two attached hydrogens (primary N) is 1. The average molecular weight is 403 g/mol. The summed E-state index contributed by atoms with van der Waals surface area (Å²) in [6, 6.07) is 15.9. The zero-order valence-electron chi connectivity index (χ0n) is 16.3. The number of carbonyl (C=O) groups excluding carboxylic acids is 1. The topological polar surface area (TPSA) is 64.8 Å². The lowest BCUT2D eigenvalue weighted by Gasteiger charge is -2.31. The lowest BCUT2D eigenvalue weighted by molar-refractivity contribution is -0.135. The van der Waals surface area contributed by atoms with Gasteiger partial charge in [-0.3, -0.25) is 4.79 Å². The monoisotopic (exact) mass is 402 g/mol. The van der Waals surface area contributed by atoms with Crippen LogP contribution in [0.3, 0.4) is 0 Å². The molecule has 1 saturated heterocycles. The Bertz CT molecular complexity index is 841. The van der Waals surface area contributed by atoms with Crippen molar-refractivity contribution in [2.75, 3.05) is 26.3 Å². The molecule has 2 aromatic carbocycles. The standard InChI is InChI=1S/C22H26N2O3.ClH/c1-22(2,16-8-9-19-20(12-16)27-11-10-26-19)21(25)24-13-17(18(23)14-24)15-6-4-3-5-7-15;/h3-9,12,17-18H,10-11,13-14,23H2,1-2H3;1H/t17-,18+;/m0./s1. The summed E-state index contributed by atoms with van der Waals surface area (Å²) in [7, 11) is 0. The van der Waals surface area contributed by atoms with Gasteiger partial charge < -0.3 is 20.1 Å². The number of carbonyl (C=O) groups is 1. The minimum absolute atomic E-state index is 0. The van der Waals surface area contributed by atoms with Gasteiger partial charge in [0.2, 0.25) is 5.91 Å². The molecule has 6 heteroatoms. The summed E-state index contributed by atoms with van der Waals surface area (Å²) in [5.41, 5.74) is 7.83. The van der Waals surface area contributed by atoms with E-state index in [1.807, 2.05) is 55.1 Å². The van der Waals surface area contributed by atoms with Crippen LogP contribution >= 0.6 is 12.4 Å². The number of hydrogen-bond donors (Lipinski definition) is 1. The molecule has 2 heterocycles. The van der Waals surface area contributed by atoms with Gasteiger partial charge in [0.05, 0.1) is 5.41 Å². The Morgan fingerprint density at radius 2 is 1.71 bits per heavy atom. The summed E-state index contributed by atoms with van der Waals surface area (Å²) in [6.07, 6.45) is 0. The van der Waals surface area contributed by atoms with Crippen molar-refractivity contribution in [2.45, 2.75) is 31.2 Å². The fourth-order valence-electron chi connectivity index (χ4n) is 4.00. The van der Waals surface area contributed by atoms with Crippen molar-refractivity contribution in [3.8, 4) is 11.5 Å². The fourth-order valence-corrected chi connectivity index (χ4v) is 4.00.